The molecule has 1 aromatic heterocycles. The molecule has 1 amide bonds. The summed E-state index contributed by atoms with van der Waals surface area (Å²) in [5.41, 5.74) is 0.525. The van der Waals surface area contributed by atoms with Gasteiger partial charge in [-0.3, -0.25) is 14.2 Å². The van der Waals surface area contributed by atoms with Gasteiger partial charge in [-0.05, 0) is 37.1 Å². The second kappa shape index (κ2) is 8.93. The molecule has 156 valence electrons. The van der Waals surface area contributed by atoms with E-state index < -0.39 is 17.5 Å². The summed E-state index contributed by atoms with van der Waals surface area (Å²) < 4.78 is 33.6. The first-order valence-corrected chi connectivity index (χ1v) is 10.5. The number of aromatic nitrogens is 2. The van der Waals surface area contributed by atoms with E-state index in [1.54, 1.807) is 28.8 Å². The zero-order valence-electron chi connectivity index (χ0n) is 15.9. The Labute approximate surface area is 175 Å². The molecule has 1 atom stereocenters. The molecule has 1 unspecified atom stereocenters. The van der Waals surface area contributed by atoms with E-state index in [4.69, 9.17) is 4.74 Å². The second-order valence-electron chi connectivity index (χ2n) is 6.93. The zero-order valence-corrected chi connectivity index (χ0v) is 16.8. The molecule has 2 aromatic carbocycles. The molecule has 4 rings (SSSR count). The van der Waals surface area contributed by atoms with Crippen LogP contribution in [0.4, 0.5) is 14.5 Å². The summed E-state index contributed by atoms with van der Waals surface area (Å²) in [7, 11) is 0. The van der Waals surface area contributed by atoms with Gasteiger partial charge in [0.15, 0.2) is 16.8 Å². The highest BCUT2D eigenvalue weighted by atomic mass is 32.2. The van der Waals surface area contributed by atoms with Crippen LogP contribution in [0.2, 0.25) is 0 Å². The van der Waals surface area contributed by atoms with E-state index in [0.717, 1.165) is 36.7 Å². The Kier molecular flexibility index (Phi) is 6.10. The number of nitrogens with one attached hydrogen (secondary N) is 1. The number of ether oxygens (including phenoxy) is 1. The third-order valence-electron chi connectivity index (χ3n) is 4.77. The van der Waals surface area contributed by atoms with Gasteiger partial charge in [-0.15, -0.1) is 0 Å². The Morgan fingerprint density at radius 1 is 1.23 bits per heavy atom. The van der Waals surface area contributed by atoms with Gasteiger partial charge in [0.25, 0.3) is 5.56 Å². The fourth-order valence-electron chi connectivity index (χ4n) is 3.31. The number of hydrogen-bond acceptors (Lipinski definition) is 5. The highest BCUT2D eigenvalue weighted by Gasteiger charge is 2.20. The van der Waals surface area contributed by atoms with E-state index in [0.29, 0.717) is 29.2 Å². The van der Waals surface area contributed by atoms with Crippen LogP contribution >= 0.6 is 11.8 Å². The summed E-state index contributed by atoms with van der Waals surface area (Å²) in [6.45, 7) is 1.03. The number of benzene rings is 2. The van der Waals surface area contributed by atoms with Gasteiger partial charge in [0.2, 0.25) is 5.91 Å². The molecule has 1 aliphatic heterocycles. The predicted molar refractivity (Wildman–Crippen MR) is 111 cm³/mol. The lowest BCUT2D eigenvalue weighted by Crippen LogP contribution is -2.29. The molecule has 0 saturated carbocycles. The predicted octanol–water partition coefficient (Wildman–Crippen LogP) is 3.58. The van der Waals surface area contributed by atoms with Crippen molar-refractivity contribution in [2.45, 2.75) is 30.6 Å². The van der Waals surface area contributed by atoms with E-state index in [1.165, 1.54) is 6.07 Å². The molecular weight excluding hydrogens is 412 g/mol. The fraction of sp³-hybridized carbons (Fsp3) is 0.286. The maximum absolute atomic E-state index is 13.3. The van der Waals surface area contributed by atoms with E-state index in [2.05, 4.69) is 10.3 Å². The van der Waals surface area contributed by atoms with Crippen molar-refractivity contribution in [3.8, 4) is 0 Å². The van der Waals surface area contributed by atoms with Crippen molar-refractivity contribution < 1.29 is 18.3 Å². The van der Waals surface area contributed by atoms with Crippen LogP contribution in [0.5, 0.6) is 0 Å². The van der Waals surface area contributed by atoms with Crippen LogP contribution in [0.3, 0.4) is 0 Å². The SMILES string of the molecule is O=C(CSc1nc2ccccc2c(=O)n1CC1CCCO1)Nc1ccc(F)c(F)c1. The number of hydrogen-bond donors (Lipinski definition) is 1. The molecule has 1 aliphatic rings. The van der Waals surface area contributed by atoms with Crippen molar-refractivity contribution in [3.63, 3.8) is 0 Å². The van der Waals surface area contributed by atoms with Gasteiger partial charge in [-0.1, -0.05) is 23.9 Å². The van der Waals surface area contributed by atoms with Crippen LogP contribution in [-0.2, 0) is 16.1 Å². The number of thioether (sulfide) groups is 1. The number of amides is 1. The summed E-state index contributed by atoms with van der Waals surface area (Å²) in [4.78, 5) is 29.9. The van der Waals surface area contributed by atoms with Crippen LogP contribution in [-0.4, -0.2) is 33.9 Å². The standard InChI is InChI=1S/C21H19F2N3O3S/c22-16-8-7-13(10-17(16)23)24-19(27)12-30-21-25-18-6-2-1-5-15(18)20(28)26(21)11-14-4-3-9-29-14/h1-2,5-8,10,14H,3-4,9,11-12H2,(H,24,27). The van der Waals surface area contributed by atoms with Gasteiger partial charge in [0.05, 0.1) is 29.3 Å². The molecule has 1 saturated heterocycles. The Hall–Kier alpha value is -2.78. The molecule has 0 spiro atoms. The maximum Gasteiger partial charge on any atom is 0.262 e. The van der Waals surface area contributed by atoms with Crippen LogP contribution in [0, 0.1) is 11.6 Å². The third-order valence-corrected chi connectivity index (χ3v) is 5.75. The van der Waals surface area contributed by atoms with Crippen molar-refractivity contribution in [1.29, 1.82) is 0 Å². The molecule has 0 aliphatic carbocycles. The minimum Gasteiger partial charge on any atom is -0.376 e. The molecule has 1 fully saturated rings. The number of halogens is 2. The summed E-state index contributed by atoms with van der Waals surface area (Å²) in [5, 5.41) is 3.44. The first-order chi connectivity index (χ1) is 14.5. The Bertz CT molecular complexity index is 1150. The van der Waals surface area contributed by atoms with Crippen LogP contribution in [0.15, 0.2) is 52.4 Å². The molecule has 9 heteroatoms. The number of para-hydroxylation sites is 1. The molecule has 1 N–H and O–H groups in total. The summed E-state index contributed by atoms with van der Waals surface area (Å²) in [6.07, 6.45) is 1.74. The van der Waals surface area contributed by atoms with Crippen molar-refractivity contribution in [3.05, 3.63) is 64.5 Å². The first-order valence-electron chi connectivity index (χ1n) is 9.50. The average Bonchev–Trinajstić information content (AvgIpc) is 3.25. The van der Waals surface area contributed by atoms with Crippen molar-refractivity contribution in [1.82, 2.24) is 9.55 Å². The Morgan fingerprint density at radius 2 is 2.07 bits per heavy atom. The molecule has 6 nitrogen and oxygen atoms in total. The monoisotopic (exact) mass is 431 g/mol. The summed E-state index contributed by atoms with van der Waals surface area (Å²) in [6, 6.07) is 10.2. The van der Waals surface area contributed by atoms with Crippen molar-refractivity contribution >= 4 is 34.3 Å². The number of carbonyl (C=O) groups excluding carboxylic acids is 1. The maximum atomic E-state index is 13.3. The van der Waals surface area contributed by atoms with Crippen molar-refractivity contribution in [2.24, 2.45) is 0 Å². The molecule has 0 radical (unpaired) electrons. The van der Waals surface area contributed by atoms with Crippen LogP contribution in [0.1, 0.15) is 12.8 Å². The Morgan fingerprint density at radius 3 is 2.83 bits per heavy atom. The van der Waals surface area contributed by atoms with Gasteiger partial charge < -0.3 is 10.1 Å². The minimum absolute atomic E-state index is 0.0463. The normalized spacial score (nSPS) is 16.1. The van der Waals surface area contributed by atoms with E-state index in [-0.39, 0.29) is 23.1 Å². The third kappa shape index (κ3) is 4.52. The first kappa shape index (κ1) is 20.5. The number of nitrogens with zero attached hydrogens (tertiary/aromatic N) is 2. The summed E-state index contributed by atoms with van der Waals surface area (Å²) in [5.74, 6) is -2.49. The van der Waals surface area contributed by atoms with Crippen molar-refractivity contribution in [2.75, 3.05) is 17.7 Å². The lowest BCUT2D eigenvalue weighted by molar-refractivity contribution is -0.113. The smallest absolute Gasteiger partial charge is 0.262 e. The van der Waals surface area contributed by atoms with Gasteiger partial charge in [-0.25, -0.2) is 13.8 Å². The van der Waals surface area contributed by atoms with E-state index in [1.807, 2.05) is 0 Å². The molecular formula is C21H19F2N3O3S. The fourth-order valence-corrected chi connectivity index (χ4v) is 4.12. The molecule has 0 bridgehead atoms. The highest BCUT2D eigenvalue weighted by molar-refractivity contribution is 7.99. The van der Waals surface area contributed by atoms with Gasteiger partial charge >= 0.3 is 0 Å². The summed E-state index contributed by atoms with van der Waals surface area (Å²) >= 11 is 1.11. The second-order valence-corrected chi connectivity index (χ2v) is 7.87. The molecule has 2 heterocycles. The van der Waals surface area contributed by atoms with Gasteiger partial charge in [0, 0.05) is 18.4 Å². The average molecular weight is 431 g/mol. The highest BCUT2D eigenvalue weighted by Crippen LogP contribution is 2.21. The Balaban J connectivity index is 1.55. The van der Waals surface area contributed by atoms with Gasteiger partial charge in [0.1, 0.15) is 0 Å². The number of anilines is 1. The van der Waals surface area contributed by atoms with E-state index >= 15 is 0 Å². The molecule has 30 heavy (non-hydrogen) atoms. The topological polar surface area (TPSA) is 73.2 Å². The quantitative estimate of drug-likeness (QED) is 0.477. The van der Waals surface area contributed by atoms with Gasteiger partial charge in [-0.2, -0.15) is 0 Å². The van der Waals surface area contributed by atoms with Crippen LogP contribution in [0.25, 0.3) is 10.9 Å². The van der Waals surface area contributed by atoms with E-state index in [9.17, 15) is 18.4 Å². The minimum atomic E-state index is -1.04. The van der Waals surface area contributed by atoms with Crippen LogP contribution < -0.4 is 10.9 Å². The number of carbonyl (C=O) groups is 1. The number of rotatable bonds is 6. The molecule has 3 aromatic rings. The zero-order chi connectivity index (χ0) is 21.1. The lowest BCUT2D eigenvalue weighted by atomic mass is 10.2. The lowest BCUT2D eigenvalue weighted by Gasteiger charge is -2.16. The largest absolute Gasteiger partial charge is 0.376 e. The number of fused-ring (bicyclic) bond motifs is 1.